The van der Waals surface area contributed by atoms with E-state index in [9.17, 15) is 4.79 Å². The van der Waals surface area contributed by atoms with Gasteiger partial charge >= 0.3 is 0 Å². The van der Waals surface area contributed by atoms with Crippen LogP contribution in [0.15, 0.2) is 36.4 Å². The summed E-state index contributed by atoms with van der Waals surface area (Å²) in [6.45, 7) is 3.58. The van der Waals surface area contributed by atoms with Crippen LogP contribution >= 0.6 is 0 Å². The summed E-state index contributed by atoms with van der Waals surface area (Å²) in [7, 11) is 0. The van der Waals surface area contributed by atoms with Gasteiger partial charge in [-0.3, -0.25) is 4.79 Å². The average Bonchev–Trinajstić information content (AvgIpc) is 3.01. The Morgan fingerprint density at radius 1 is 1.32 bits per heavy atom. The second kappa shape index (κ2) is 6.77. The van der Waals surface area contributed by atoms with Crippen LogP contribution in [-0.4, -0.2) is 35.0 Å². The molecule has 1 aromatic carbocycles. The van der Waals surface area contributed by atoms with Gasteiger partial charge in [0.1, 0.15) is 6.10 Å². The Balaban J connectivity index is 1.60. The number of pyridine rings is 1. The number of rotatable bonds is 5. The fourth-order valence-electron chi connectivity index (χ4n) is 2.82. The third-order valence-corrected chi connectivity index (χ3v) is 4.10. The number of carbonyl (C=O) groups excluding carboxylic acids is 1. The predicted octanol–water partition coefficient (Wildman–Crippen LogP) is 3.40. The number of nitrogens with zero attached hydrogens (tertiary/aromatic N) is 2. The molecule has 1 atom stereocenters. The van der Waals surface area contributed by atoms with E-state index in [0.717, 1.165) is 36.7 Å². The molecule has 0 spiro atoms. The summed E-state index contributed by atoms with van der Waals surface area (Å²) >= 11 is 0. The fraction of sp³-hybridized carbons (Fsp3) is 0.444. The molecule has 3 rings (SSSR count). The van der Waals surface area contributed by atoms with Crippen LogP contribution < -0.4 is 4.74 Å². The van der Waals surface area contributed by atoms with Crippen molar-refractivity contribution in [3.63, 3.8) is 0 Å². The lowest BCUT2D eigenvalue weighted by molar-refractivity contribution is -0.130. The van der Waals surface area contributed by atoms with Gasteiger partial charge in [-0.1, -0.05) is 31.5 Å². The molecular weight excluding hydrogens is 276 g/mol. The van der Waals surface area contributed by atoms with Gasteiger partial charge in [-0.05, 0) is 18.6 Å². The van der Waals surface area contributed by atoms with Crippen molar-refractivity contribution in [3.8, 4) is 5.88 Å². The van der Waals surface area contributed by atoms with E-state index in [0.29, 0.717) is 18.8 Å². The molecule has 0 saturated carbocycles. The molecule has 4 nitrogen and oxygen atoms in total. The minimum absolute atomic E-state index is 0.0549. The zero-order valence-corrected chi connectivity index (χ0v) is 13.0. The van der Waals surface area contributed by atoms with Gasteiger partial charge in [0.2, 0.25) is 11.8 Å². The van der Waals surface area contributed by atoms with Crippen molar-refractivity contribution in [1.29, 1.82) is 0 Å². The first kappa shape index (κ1) is 14.8. The van der Waals surface area contributed by atoms with Gasteiger partial charge in [0.25, 0.3) is 0 Å². The van der Waals surface area contributed by atoms with E-state index in [2.05, 4.69) is 11.9 Å². The van der Waals surface area contributed by atoms with Gasteiger partial charge < -0.3 is 9.64 Å². The van der Waals surface area contributed by atoms with Crippen LogP contribution in [0.5, 0.6) is 5.88 Å². The highest BCUT2D eigenvalue weighted by Crippen LogP contribution is 2.20. The van der Waals surface area contributed by atoms with Crippen LogP contribution in [0.25, 0.3) is 10.9 Å². The van der Waals surface area contributed by atoms with E-state index in [1.165, 1.54) is 0 Å². The highest BCUT2D eigenvalue weighted by atomic mass is 16.5. The van der Waals surface area contributed by atoms with Gasteiger partial charge in [-0.25, -0.2) is 4.98 Å². The molecule has 0 N–H and O–H groups in total. The van der Waals surface area contributed by atoms with E-state index >= 15 is 0 Å². The summed E-state index contributed by atoms with van der Waals surface area (Å²) in [5.41, 5.74) is 0.939. The molecule has 0 bridgehead atoms. The first-order chi connectivity index (χ1) is 10.8. The Labute approximate surface area is 131 Å². The molecule has 22 heavy (non-hydrogen) atoms. The molecule has 116 valence electrons. The maximum atomic E-state index is 12.0. The molecule has 1 saturated heterocycles. The quantitative estimate of drug-likeness (QED) is 0.849. The average molecular weight is 298 g/mol. The molecular formula is C18H22N2O2. The molecule has 1 unspecified atom stereocenters. The number of amides is 1. The standard InChI is InChI=1S/C18H22N2O2/c1-2-3-8-18(21)20-12-11-15(13-20)22-17-10-9-14-6-4-5-7-16(14)19-17/h4-7,9-10,15H,2-3,8,11-13H2,1H3. The van der Waals surface area contributed by atoms with Crippen LogP contribution in [0, 0.1) is 0 Å². The normalized spacial score (nSPS) is 17.9. The highest BCUT2D eigenvalue weighted by molar-refractivity contribution is 5.78. The molecule has 1 aromatic heterocycles. The first-order valence-corrected chi connectivity index (χ1v) is 8.06. The molecule has 4 heteroatoms. The van der Waals surface area contributed by atoms with E-state index in [1.54, 1.807) is 0 Å². The largest absolute Gasteiger partial charge is 0.472 e. The third kappa shape index (κ3) is 3.38. The van der Waals surface area contributed by atoms with Gasteiger partial charge in [-0.2, -0.15) is 0 Å². The van der Waals surface area contributed by atoms with Gasteiger partial charge in [0.15, 0.2) is 0 Å². The predicted molar refractivity (Wildman–Crippen MR) is 86.9 cm³/mol. The van der Waals surface area contributed by atoms with Gasteiger partial charge in [0.05, 0.1) is 12.1 Å². The number of likely N-dealkylation sites (tertiary alicyclic amines) is 1. The minimum atomic E-state index is 0.0549. The number of hydrogen-bond acceptors (Lipinski definition) is 3. The summed E-state index contributed by atoms with van der Waals surface area (Å²) < 4.78 is 5.96. The van der Waals surface area contributed by atoms with E-state index < -0.39 is 0 Å². The number of fused-ring (bicyclic) bond motifs is 1. The van der Waals surface area contributed by atoms with Crippen molar-refractivity contribution in [2.45, 2.75) is 38.7 Å². The fourth-order valence-corrected chi connectivity index (χ4v) is 2.82. The molecule has 1 aliphatic heterocycles. The SMILES string of the molecule is CCCCC(=O)N1CCC(Oc2ccc3ccccc3n2)C1. The van der Waals surface area contributed by atoms with Crippen molar-refractivity contribution in [2.24, 2.45) is 0 Å². The number of para-hydroxylation sites is 1. The lowest BCUT2D eigenvalue weighted by Gasteiger charge is -2.17. The lowest BCUT2D eigenvalue weighted by atomic mass is 10.2. The Morgan fingerprint density at radius 3 is 3.05 bits per heavy atom. The minimum Gasteiger partial charge on any atom is -0.472 e. The molecule has 2 aromatic rings. The zero-order chi connectivity index (χ0) is 15.4. The number of unbranched alkanes of at least 4 members (excludes halogenated alkanes) is 1. The number of carbonyl (C=O) groups is 1. The van der Waals surface area contributed by atoms with Crippen LogP contribution in [0.3, 0.4) is 0 Å². The first-order valence-electron chi connectivity index (χ1n) is 8.06. The lowest BCUT2D eigenvalue weighted by Crippen LogP contribution is -2.30. The molecule has 1 amide bonds. The summed E-state index contributed by atoms with van der Waals surface area (Å²) in [5.74, 6) is 0.894. The maximum Gasteiger partial charge on any atom is 0.222 e. The molecule has 0 aliphatic carbocycles. The number of hydrogen-bond donors (Lipinski definition) is 0. The summed E-state index contributed by atoms with van der Waals surface area (Å²) in [4.78, 5) is 18.5. The molecule has 2 heterocycles. The third-order valence-electron chi connectivity index (χ3n) is 4.10. The Morgan fingerprint density at radius 2 is 2.18 bits per heavy atom. The van der Waals surface area contributed by atoms with Crippen molar-refractivity contribution in [3.05, 3.63) is 36.4 Å². The van der Waals surface area contributed by atoms with Gasteiger partial charge in [0, 0.05) is 30.8 Å². The van der Waals surface area contributed by atoms with E-state index in [-0.39, 0.29) is 12.0 Å². The Bertz CT molecular complexity index is 656. The van der Waals surface area contributed by atoms with Gasteiger partial charge in [-0.15, -0.1) is 0 Å². The van der Waals surface area contributed by atoms with Crippen LogP contribution in [-0.2, 0) is 4.79 Å². The van der Waals surface area contributed by atoms with Crippen molar-refractivity contribution in [1.82, 2.24) is 9.88 Å². The monoisotopic (exact) mass is 298 g/mol. The Hall–Kier alpha value is -2.10. The maximum absolute atomic E-state index is 12.0. The van der Waals surface area contributed by atoms with E-state index in [4.69, 9.17) is 4.74 Å². The second-order valence-electron chi connectivity index (χ2n) is 5.81. The molecule has 1 fully saturated rings. The smallest absolute Gasteiger partial charge is 0.222 e. The van der Waals surface area contributed by atoms with Crippen molar-refractivity contribution in [2.75, 3.05) is 13.1 Å². The number of ether oxygens (including phenoxy) is 1. The second-order valence-corrected chi connectivity index (χ2v) is 5.81. The number of aromatic nitrogens is 1. The zero-order valence-electron chi connectivity index (χ0n) is 13.0. The number of benzene rings is 1. The molecule has 0 radical (unpaired) electrons. The topological polar surface area (TPSA) is 42.4 Å². The van der Waals surface area contributed by atoms with Crippen molar-refractivity contribution < 1.29 is 9.53 Å². The Kier molecular flexibility index (Phi) is 4.56. The van der Waals surface area contributed by atoms with Crippen LogP contribution in [0.2, 0.25) is 0 Å². The summed E-state index contributed by atoms with van der Waals surface area (Å²) in [6, 6.07) is 11.9. The van der Waals surface area contributed by atoms with Crippen LogP contribution in [0.4, 0.5) is 0 Å². The highest BCUT2D eigenvalue weighted by Gasteiger charge is 2.27. The van der Waals surface area contributed by atoms with Crippen molar-refractivity contribution >= 4 is 16.8 Å². The van der Waals surface area contributed by atoms with E-state index in [1.807, 2.05) is 41.3 Å². The molecule has 1 aliphatic rings. The summed E-state index contributed by atoms with van der Waals surface area (Å²) in [5, 5.41) is 1.11. The van der Waals surface area contributed by atoms with Crippen LogP contribution in [0.1, 0.15) is 32.6 Å². The summed E-state index contributed by atoms with van der Waals surface area (Å²) in [6.07, 6.45) is 3.61.